The van der Waals surface area contributed by atoms with Crippen molar-refractivity contribution in [2.24, 2.45) is 0 Å². The zero-order valence-electron chi connectivity index (χ0n) is 8.64. The van der Waals surface area contributed by atoms with E-state index in [-0.39, 0.29) is 11.9 Å². The maximum Gasteiger partial charge on any atom is 0.137 e. The summed E-state index contributed by atoms with van der Waals surface area (Å²) in [5.41, 5.74) is 1.09. The molecule has 3 heteroatoms. The summed E-state index contributed by atoms with van der Waals surface area (Å²) in [5, 5.41) is 3.36. The summed E-state index contributed by atoms with van der Waals surface area (Å²) in [5.74, 6) is -0.217. The first-order valence-electron chi connectivity index (χ1n) is 4.71. The molecule has 0 aliphatic rings. The van der Waals surface area contributed by atoms with E-state index in [0.29, 0.717) is 10.5 Å². The second-order valence-electron chi connectivity index (χ2n) is 3.72. The van der Waals surface area contributed by atoms with Crippen LogP contribution in [0, 0.1) is 5.82 Å². The maximum atomic E-state index is 13.0. The Morgan fingerprint density at radius 3 is 2.43 bits per heavy atom. The molecule has 78 valence electrons. The number of hydrogen-bond acceptors (Lipinski definition) is 1. The van der Waals surface area contributed by atoms with Crippen molar-refractivity contribution in [3.05, 3.63) is 34.1 Å². The van der Waals surface area contributed by atoms with Gasteiger partial charge < -0.3 is 5.32 Å². The lowest BCUT2D eigenvalue weighted by Gasteiger charge is -2.17. The number of rotatable bonds is 3. The molecule has 0 bridgehead atoms. The van der Waals surface area contributed by atoms with Gasteiger partial charge in [-0.15, -0.1) is 0 Å². The molecular weight excluding hydrogens is 245 g/mol. The summed E-state index contributed by atoms with van der Waals surface area (Å²) in [4.78, 5) is 0. The second kappa shape index (κ2) is 4.89. The lowest BCUT2D eigenvalue weighted by Crippen LogP contribution is -2.26. The number of halogens is 2. The highest BCUT2D eigenvalue weighted by Gasteiger charge is 2.08. The van der Waals surface area contributed by atoms with Crippen LogP contribution in [0.5, 0.6) is 0 Å². The Morgan fingerprint density at radius 2 is 1.93 bits per heavy atom. The zero-order valence-corrected chi connectivity index (χ0v) is 10.2. The van der Waals surface area contributed by atoms with Gasteiger partial charge in [0.05, 0.1) is 4.47 Å². The van der Waals surface area contributed by atoms with Gasteiger partial charge in [0.2, 0.25) is 0 Å². The van der Waals surface area contributed by atoms with Crippen LogP contribution in [0.15, 0.2) is 22.7 Å². The summed E-state index contributed by atoms with van der Waals surface area (Å²) in [7, 11) is 0. The molecule has 1 rings (SSSR count). The van der Waals surface area contributed by atoms with Crippen LogP contribution >= 0.6 is 15.9 Å². The van der Waals surface area contributed by atoms with Crippen molar-refractivity contribution >= 4 is 15.9 Å². The third-order valence-electron chi connectivity index (χ3n) is 2.03. The van der Waals surface area contributed by atoms with Gasteiger partial charge in [-0.1, -0.05) is 19.9 Å². The van der Waals surface area contributed by atoms with Crippen LogP contribution in [0.4, 0.5) is 4.39 Å². The van der Waals surface area contributed by atoms with Gasteiger partial charge in [0, 0.05) is 12.1 Å². The van der Waals surface area contributed by atoms with E-state index in [1.54, 1.807) is 6.07 Å². The minimum Gasteiger partial charge on any atom is -0.308 e. The van der Waals surface area contributed by atoms with Crippen molar-refractivity contribution in [3.8, 4) is 0 Å². The van der Waals surface area contributed by atoms with Gasteiger partial charge in [-0.05, 0) is 40.5 Å². The first-order valence-corrected chi connectivity index (χ1v) is 5.51. The van der Waals surface area contributed by atoms with Crippen LogP contribution in [0.25, 0.3) is 0 Å². The van der Waals surface area contributed by atoms with Crippen LogP contribution in [0.3, 0.4) is 0 Å². The predicted octanol–water partition coefficient (Wildman–Crippen LogP) is 3.65. The van der Waals surface area contributed by atoms with Gasteiger partial charge in [-0.2, -0.15) is 0 Å². The molecule has 0 fully saturated rings. The summed E-state index contributed by atoms with van der Waals surface area (Å²) in [6.07, 6.45) is 0. The minimum atomic E-state index is -0.217. The van der Waals surface area contributed by atoms with Crippen molar-refractivity contribution in [1.29, 1.82) is 0 Å². The average Bonchev–Trinajstić information content (AvgIpc) is 2.08. The van der Waals surface area contributed by atoms with Crippen molar-refractivity contribution in [2.45, 2.75) is 32.9 Å². The SMILES string of the molecule is CC(C)NC(C)c1ccc(F)c(Br)c1. The molecule has 0 amide bonds. The molecule has 0 spiro atoms. The zero-order chi connectivity index (χ0) is 10.7. The Kier molecular flexibility index (Phi) is 4.08. The standard InChI is InChI=1S/C11H15BrFN/c1-7(2)14-8(3)9-4-5-11(13)10(12)6-9/h4-8,14H,1-3H3. The molecule has 1 aromatic rings. The van der Waals surface area contributed by atoms with E-state index in [9.17, 15) is 4.39 Å². The van der Waals surface area contributed by atoms with E-state index in [1.165, 1.54) is 6.07 Å². The highest BCUT2D eigenvalue weighted by Crippen LogP contribution is 2.21. The fourth-order valence-electron chi connectivity index (χ4n) is 1.38. The highest BCUT2D eigenvalue weighted by atomic mass is 79.9. The molecule has 0 saturated heterocycles. The van der Waals surface area contributed by atoms with Crippen molar-refractivity contribution < 1.29 is 4.39 Å². The van der Waals surface area contributed by atoms with Crippen LogP contribution in [0.2, 0.25) is 0 Å². The largest absolute Gasteiger partial charge is 0.308 e. The van der Waals surface area contributed by atoms with E-state index >= 15 is 0 Å². The number of hydrogen-bond donors (Lipinski definition) is 1. The van der Waals surface area contributed by atoms with E-state index in [4.69, 9.17) is 0 Å². The molecule has 1 nitrogen and oxygen atoms in total. The third kappa shape index (κ3) is 3.07. The monoisotopic (exact) mass is 259 g/mol. The Balaban J connectivity index is 2.80. The first-order chi connectivity index (χ1) is 6.50. The summed E-state index contributed by atoms with van der Waals surface area (Å²) < 4.78 is 13.5. The topological polar surface area (TPSA) is 12.0 Å². The fraction of sp³-hybridized carbons (Fsp3) is 0.455. The quantitative estimate of drug-likeness (QED) is 0.874. The maximum absolute atomic E-state index is 13.0. The second-order valence-corrected chi connectivity index (χ2v) is 4.57. The first kappa shape index (κ1) is 11.7. The molecule has 1 N–H and O–H groups in total. The minimum absolute atomic E-state index is 0.217. The van der Waals surface area contributed by atoms with Gasteiger partial charge in [-0.3, -0.25) is 0 Å². The Labute approximate surface area is 92.8 Å². The van der Waals surface area contributed by atoms with E-state index in [1.807, 2.05) is 6.07 Å². The smallest absolute Gasteiger partial charge is 0.137 e. The third-order valence-corrected chi connectivity index (χ3v) is 2.63. The van der Waals surface area contributed by atoms with Gasteiger partial charge in [-0.25, -0.2) is 4.39 Å². The van der Waals surface area contributed by atoms with Gasteiger partial charge in [0.25, 0.3) is 0 Å². The lowest BCUT2D eigenvalue weighted by atomic mass is 10.1. The molecule has 1 unspecified atom stereocenters. The van der Waals surface area contributed by atoms with Gasteiger partial charge in [0.15, 0.2) is 0 Å². The van der Waals surface area contributed by atoms with Crippen molar-refractivity contribution in [1.82, 2.24) is 5.32 Å². The number of benzene rings is 1. The van der Waals surface area contributed by atoms with Crippen molar-refractivity contribution in [3.63, 3.8) is 0 Å². The molecule has 0 aliphatic heterocycles. The molecule has 0 radical (unpaired) electrons. The van der Waals surface area contributed by atoms with Crippen LogP contribution in [0.1, 0.15) is 32.4 Å². The Morgan fingerprint density at radius 1 is 1.29 bits per heavy atom. The molecule has 1 atom stereocenters. The molecule has 0 saturated carbocycles. The molecule has 1 aromatic carbocycles. The normalized spacial score (nSPS) is 13.3. The van der Waals surface area contributed by atoms with Gasteiger partial charge >= 0.3 is 0 Å². The van der Waals surface area contributed by atoms with Crippen LogP contribution < -0.4 is 5.32 Å². The van der Waals surface area contributed by atoms with E-state index in [2.05, 4.69) is 42.0 Å². The summed E-state index contributed by atoms with van der Waals surface area (Å²) >= 11 is 3.18. The molecular formula is C11H15BrFN. The number of nitrogens with one attached hydrogen (secondary N) is 1. The molecule has 0 heterocycles. The average molecular weight is 260 g/mol. The highest BCUT2D eigenvalue weighted by molar-refractivity contribution is 9.10. The van der Waals surface area contributed by atoms with Gasteiger partial charge in [0.1, 0.15) is 5.82 Å². The fourth-order valence-corrected chi connectivity index (χ4v) is 1.77. The van der Waals surface area contributed by atoms with Crippen LogP contribution in [-0.4, -0.2) is 6.04 Å². The van der Waals surface area contributed by atoms with E-state index < -0.39 is 0 Å². The molecule has 0 aromatic heterocycles. The Hall–Kier alpha value is -0.410. The van der Waals surface area contributed by atoms with Crippen LogP contribution in [-0.2, 0) is 0 Å². The molecule has 0 aliphatic carbocycles. The molecule has 14 heavy (non-hydrogen) atoms. The lowest BCUT2D eigenvalue weighted by molar-refractivity contribution is 0.505. The summed E-state index contributed by atoms with van der Waals surface area (Å²) in [6.45, 7) is 6.25. The predicted molar refractivity (Wildman–Crippen MR) is 60.8 cm³/mol. The Bertz CT molecular complexity index is 312. The summed E-state index contributed by atoms with van der Waals surface area (Å²) in [6, 6.07) is 5.77. The van der Waals surface area contributed by atoms with E-state index in [0.717, 1.165) is 5.56 Å². The van der Waals surface area contributed by atoms with Crippen molar-refractivity contribution in [2.75, 3.05) is 0 Å².